The number of benzene rings is 2. The van der Waals surface area contributed by atoms with E-state index in [9.17, 15) is 8.42 Å². The Labute approximate surface area is 240 Å². The third-order valence-corrected chi connectivity index (χ3v) is 13.0. The second-order valence-corrected chi connectivity index (χ2v) is 14.5. The van der Waals surface area contributed by atoms with Crippen LogP contribution in [0.3, 0.4) is 0 Å². The van der Waals surface area contributed by atoms with Crippen molar-refractivity contribution >= 4 is 29.1 Å². The maximum absolute atomic E-state index is 12.0. The highest BCUT2D eigenvalue weighted by Crippen LogP contribution is 2.69. The zero-order valence-corrected chi connectivity index (χ0v) is 26.0. The Hall–Kier alpha value is -2.26. The molecule has 0 bridgehead atoms. The number of morpholine rings is 1. The summed E-state index contributed by atoms with van der Waals surface area (Å²) in [6.45, 7) is 15.4. The minimum absolute atomic E-state index is 0.100. The topological polar surface area (TPSA) is 91.5 Å². The second-order valence-electron chi connectivity index (χ2n) is 9.96. The van der Waals surface area contributed by atoms with Gasteiger partial charge in [0.15, 0.2) is 0 Å². The number of nitrogens with zero attached hydrogens (tertiary/aromatic N) is 4. The first-order valence-electron chi connectivity index (χ1n) is 14.4. The molecule has 1 aliphatic heterocycles. The number of sulfonamides is 1. The lowest BCUT2D eigenvalue weighted by atomic mass is 10.1. The van der Waals surface area contributed by atoms with Gasteiger partial charge in [0.05, 0.1) is 23.8 Å². The Morgan fingerprint density at radius 1 is 0.900 bits per heavy atom. The second kappa shape index (κ2) is 13.6. The summed E-state index contributed by atoms with van der Waals surface area (Å²) in [5.41, 5.74) is 4.65. The molecule has 10 heteroatoms. The maximum atomic E-state index is 12.0. The molecule has 2 aliphatic rings. The van der Waals surface area contributed by atoms with E-state index in [1.54, 1.807) is 24.3 Å². The molecule has 0 amide bonds. The van der Waals surface area contributed by atoms with Crippen molar-refractivity contribution in [2.75, 3.05) is 52.5 Å². The van der Waals surface area contributed by atoms with E-state index in [2.05, 4.69) is 78.3 Å². The fraction of sp³-hybridized carbons (Fsp3) is 0.467. The third-order valence-electron chi connectivity index (χ3n) is 7.71. The van der Waals surface area contributed by atoms with Gasteiger partial charge in [-0.3, -0.25) is 9.34 Å². The van der Waals surface area contributed by atoms with Crippen LogP contribution in [0, 0.1) is 0 Å². The number of hydrogen-bond donors (Lipinski definition) is 1. The molecular formula is C30H44N5O3PS. The van der Waals surface area contributed by atoms with Crippen LogP contribution in [0.4, 0.5) is 5.69 Å². The van der Waals surface area contributed by atoms with Crippen LogP contribution < -0.4 is 5.14 Å². The molecule has 0 aromatic heterocycles. The Kier molecular flexibility index (Phi) is 10.4. The standard InChI is InChI=1S/C30H44N5O3PS/c1-5-34(6-2)39(35(7-3)8-4,32-27-15-17-28(18-16-27)40(31,36)37)29-19-14-26(24-25-12-10-9-11-13-25)30(29)33-20-22-38-23-21-33/h9-13,15-18,24H,5-8,14,19-23H2,1-4H3,(H2,31,36,37)/b26-24+. The largest absolute Gasteiger partial charge is 0.378 e. The smallest absolute Gasteiger partial charge is 0.238 e. The van der Waals surface area contributed by atoms with Gasteiger partial charge in [0, 0.05) is 50.3 Å². The monoisotopic (exact) mass is 585 g/mol. The van der Waals surface area contributed by atoms with Crippen molar-refractivity contribution in [1.29, 1.82) is 0 Å². The van der Waals surface area contributed by atoms with Crippen LogP contribution >= 0.6 is 7.36 Å². The van der Waals surface area contributed by atoms with Crippen molar-refractivity contribution in [1.82, 2.24) is 14.2 Å². The van der Waals surface area contributed by atoms with Gasteiger partial charge in [-0.15, -0.1) is 0 Å². The van der Waals surface area contributed by atoms with Gasteiger partial charge in [-0.2, -0.15) is 0 Å². The van der Waals surface area contributed by atoms with Crippen LogP contribution in [-0.4, -0.2) is 75.1 Å². The summed E-state index contributed by atoms with van der Waals surface area (Å²) in [7, 11) is -6.22. The number of ether oxygens (including phenoxy) is 1. The molecule has 40 heavy (non-hydrogen) atoms. The summed E-state index contributed by atoms with van der Waals surface area (Å²) in [6, 6.07) is 17.3. The molecular weight excluding hydrogens is 541 g/mol. The average molecular weight is 586 g/mol. The Bertz CT molecular complexity index is 1340. The van der Waals surface area contributed by atoms with Crippen molar-refractivity contribution in [2.24, 2.45) is 9.88 Å². The zero-order chi connectivity index (χ0) is 28.8. The van der Waals surface area contributed by atoms with Crippen LogP contribution in [0.25, 0.3) is 6.08 Å². The van der Waals surface area contributed by atoms with Crippen LogP contribution in [0.15, 0.2) is 80.8 Å². The molecule has 2 aromatic carbocycles. The third kappa shape index (κ3) is 6.46. The van der Waals surface area contributed by atoms with Crippen molar-refractivity contribution in [3.8, 4) is 0 Å². The van der Waals surface area contributed by atoms with Gasteiger partial charge in [-0.05, 0) is 54.3 Å². The summed E-state index contributed by atoms with van der Waals surface area (Å²) in [6.07, 6.45) is 4.24. The fourth-order valence-corrected chi connectivity index (χ4v) is 10.8. The maximum Gasteiger partial charge on any atom is 0.238 e. The molecule has 0 saturated carbocycles. The predicted molar refractivity (Wildman–Crippen MR) is 166 cm³/mol. The van der Waals surface area contributed by atoms with E-state index < -0.39 is 17.4 Å². The van der Waals surface area contributed by atoms with E-state index in [1.807, 2.05) is 0 Å². The van der Waals surface area contributed by atoms with E-state index in [0.29, 0.717) is 13.2 Å². The van der Waals surface area contributed by atoms with E-state index in [-0.39, 0.29) is 4.90 Å². The highest BCUT2D eigenvalue weighted by Gasteiger charge is 2.41. The van der Waals surface area contributed by atoms with Gasteiger partial charge >= 0.3 is 0 Å². The fourth-order valence-electron chi connectivity index (χ4n) is 5.84. The Morgan fingerprint density at radius 2 is 1.48 bits per heavy atom. The number of allylic oxidation sites excluding steroid dienone is 2. The summed E-state index contributed by atoms with van der Waals surface area (Å²) in [5.74, 6) is 0. The quantitative estimate of drug-likeness (QED) is 0.321. The van der Waals surface area contributed by atoms with Crippen molar-refractivity contribution in [3.05, 3.63) is 76.7 Å². The molecule has 1 fully saturated rings. The molecule has 8 nitrogen and oxygen atoms in total. The van der Waals surface area contributed by atoms with Crippen molar-refractivity contribution in [3.63, 3.8) is 0 Å². The Balaban J connectivity index is 2.04. The van der Waals surface area contributed by atoms with E-state index in [0.717, 1.165) is 57.8 Å². The normalized spacial score (nSPS) is 17.9. The van der Waals surface area contributed by atoms with E-state index in [1.165, 1.54) is 22.1 Å². The first-order chi connectivity index (χ1) is 19.3. The SMILES string of the molecule is CCN(CC)P(=Nc1ccc(S(N)(=O)=O)cc1)(C1=C(N2CCOCC2)/C(=C/c2ccccc2)CC1)N(CC)CC. The molecule has 2 N–H and O–H groups in total. The number of hydrogen-bond acceptors (Lipinski definition) is 5. The lowest BCUT2D eigenvalue weighted by Crippen LogP contribution is -2.38. The number of rotatable bonds is 11. The molecule has 2 aromatic rings. The highest BCUT2D eigenvalue weighted by molar-refractivity contribution is 7.89. The number of primary sulfonamides is 1. The van der Waals surface area contributed by atoms with Crippen molar-refractivity contribution < 1.29 is 13.2 Å². The van der Waals surface area contributed by atoms with Crippen LogP contribution in [0.5, 0.6) is 0 Å². The summed E-state index contributed by atoms with van der Waals surface area (Å²) in [4.78, 5) is 2.62. The first kappa shape index (κ1) is 30.7. The molecule has 218 valence electrons. The van der Waals surface area contributed by atoms with Gasteiger partial charge in [0.2, 0.25) is 10.0 Å². The van der Waals surface area contributed by atoms with Crippen LogP contribution in [0.2, 0.25) is 0 Å². The minimum atomic E-state index is -3.78. The van der Waals surface area contributed by atoms with Crippen LogP contribution in [-0.2, 0) is 14.8 Å². The Morgan fingerprint density at radius 3 is 2.00 bits per heavy atom. The highest BCUT2D eigenvalue weighted by atomic mass is 32.2. The summed E-state index contributed by atoms with van der Waals surface area (Å²) in [5, 5.41) is 6.80. The molecule has 4 rings (SSSR count). The molecule has 0 atom stereocenters. The molecule has 0 spiro atoms. The van der Waals surface area contributed by atoms with Crippen LogP contribution in [0.1, 0.15) is 46.1 Å². The van der Waals surface area contributed by atoms with Gasteiger partial charge in [-0.1, -0.05) is 58.0 Å². The van der Waals surface area contributed by atoms with Gasteiger partial charge < -0.3 is 9.64 Å². The molecule has 0 radical (unpaired) electrons. The summed E-state index contributed by atoms with van der Waals surface area (Å²) >= 11 is 0. The predicted octanol–water partition coefficient (Wildman–Crippen LogP) is 6.10. The lowest BCUT2D eigenvalue weighted by Gasteiger charge is -2.45. The van der Waals surface area contributed by atoms with Gasteiger partial charge in [0.1, 0.15) is 7.36 Å². The minimum Gasteiger partial charge on any atom is -0.378 e. The summed E-state index contributed by atoms with van der Waals surface area (Å²) < 4.78 is 40.4. The lowest BCUT2D eigenvalue weighted by molar-refractivity contribution is 0.0548. The molecule has 1 heterocycles. The average Bonchev–Trinajstić information content (AvgIpc) is 3.38. The van der Waals surface area contributed by atoms with Gasteiger partial charge in [0.25, 0.3) is 0 Å². The van der Waals surface area contributed by atoms with Crippen molar-refractivity contribution in [2.45, 2.75) is 45.4 Å². The van der Waals surface area contributed by atoms with E-state index in [4.69, 9.17) is 14.6 Å². The molecule has 0 unspecified atom stereocenters. The number of nitrogens with two attached hydrogens (primary N) is 1. The van der Waals surface area contributed by atoms with Gasteiger partial charge in [-0.25, -0.2) is 18.3 Å². The molecule has 1 aliphatic carbocycles. The first-order valence-corrected chi connectivity index (χ1v) is 17.6. The molecule has 1 saturated heterocycles. The van der Waals surface area contributed by atoms with E-state index >= 15 is 0 Å². The zero-order valence-electron chi connectivity index (χ0n) is 24.3.